The maximum absolute atomic E-state index is 12.0. The van der Waals surface area contributed by atoms with E-state index in [0.29, 0.717) is 4.96 Å². The molecular weight excluding hydrogens is 322 g/mol. The van der Waals surface area contributed by atoms with Crippen LogP contribution in [0.25, 0.3) is 4.96 Å². The third-order valence-corrected chi connectivity index (χ3v) is 5.22. The van der Waals surface area contributed by atoms with E-state index in [1.54, 1.807) is 0 Å². The smallest absolute Gasteiger partial charge is 0.275 e. The molecule has 0 radical (unpaired) electrons. The molecule has 7 heteroatoms. The molecule has 4 rings (SSSR count). The summed E-state index contributed by atoms with van der Waals surface area (Å²) in [5, 5.41) is 5.33. The lowest BCUT2D eigenvalue weighted by atomic mass is 10.2. The van der Waals surface area contributed by atoms with Crippen molar-refractivity contribution >= 4 is 21.4 Å². The zero-order valence-corrected chi connectivity index (χ0v) is 14.4. The maximum atomic E-state index is 12.0. The molecule has 1 aliphatic rings. The van der Waals surface area contributed by atoms with Crippen LogP contribution >= 0.6 is 11.3 Å². The molecule has 3 aromatic rings. The van der Waals surface area contributed by atoms with E-state index in [1.165, 1.54) is 27.5 Å². The van der Waals surface area contributed by atoms with Gasteiger partial charge in [0.05, 0.1) is 0 Å². The minimum atomic E-state index is -0.109. The third kappa shape index (κ3) is 3.05. The van der Waals surface area contributed by atoms with Crippen molar-refractivity contribution in [2.45, 2.75) is 13.5 Å². The van der Waals surface area contributed by atoms with Gasteiger partial charge in [-0.15, -0.1) is 5.10 Å². The van der Waals surface area contributed by atoms with Crippen LogP contribution in [0.15, 0.2) is 41.2 Å². The molecule has 1 aliphatic heterocycles. The van der Waals surface area contributed by atoms with E-state index in [2.05, 4.69) is 44.1 Å². The first-order valence-corrected chi connectivity index (χ1v) is 8.89. The van der Waals surface area contributed by atoms with Gasteiger partial charge < -0.3 is 4.90 Å². The number of aromatic nitrogens is 3. The molecule has 0 aliphatic carbocycles. The van der Waals surface area contributed by atoms with Gasteiger partial charge in [0.15, 0.2) is 0 Å². The van der Waals surface area contributed by atoms with Crippen LogP contribution in [0.1, 0.15) is 11.3 Å². The number of nitrogens with zero attached hydrogens (tertiary/aromatic N) is 5. The summed E-state index contributed by atoms with van der Waals surface area (Å²) in [5.41, 5.74) is 1.97. The number of aryl methyl sites for hydroxylation is 1. The monoisotopic (exact) mass is 341 g/mol. The number of benzene rings is 1. The second-order valence-electron chi connectivity index (χ2n) is 6.06. The van der Waals surface area contributed by atoms with E-state index in [-0.39, 0.29) is 5.56 Å². The highest BCUT2D eigenvalue weighted by Crippen LogP contribution is 2.23. The highest BCUT2D eigenvalue weighted by molar-refractivity contribution is 7.20. The summed E-state index contributed by atoms with van der Waals surface area (Å²) in [7, 11) is 0. The van der Waals surface area contributed by atoms with Crippen molar-refractivity contribution in [2.24, 2.45) is 0 Å². The van der Waals surface area contributed by atoms with Crippen LogP contribution in [0.3, 0.4) is 0 Å². The van der Waals surface area contributed by atoms with Crippen molar-refractivity contribution in [3.63, 3.8) is 0 Å². The average Bonchev–Trinajstić information content (AvgIpc) is 3.01. The Balaban J connectivity index is 1.46. The molecule has 1 fully saturated rings. The van der Waals surface area contributed by atoms with Gasteiger partial charge in [0, 0.05) is 44.5 Å². The predicted octanol–water partition coefficient (Wildman–Crippen LogP) is 1.78. The lowest BCUT2D eigenvalue weighted by Crippen LogP contribution is -2.46. The van der Waals surface area contributed by atoms with Crippen LogP contribution in [0.5, 0.6) is 0 Å². The third-order valence-electron chi connectivity index (χ3n) is 4.25. The second-order valence-corrected chi connectivity index (χ2v) is 7.00. The first-order valence-electron chi connectivity index (χ1n) is 8.08. The molecule has 2 aromatic heterocycles. The summed E-state index contributed by atoms with van der Waals surface area (Å²) in [6, 6.07) is 12.1. The van der Waals surface area contributed by atoms with E-state index in [9.17, 15) is 4.79 Å². The molecular formula is C17H19N5OS. The van der Waals surface area contributed by atoms with Gasteiger partial charge in [0.1, 0.15) is 0 Å². The van der Waals surface area contributed by atoms with Crippen LogP contribution in [-0.2, 0) is 6.54 Å². The summed E-state index contributed by atoms with van der Waals surface area (Å²) in [6.45, 7) is 6.64. The number of fused-ring (bicyclic) bond motifs is 1. The number of hydrogen-bond acceptors (Lipinski definition) is 6. The lowest BCUT2D eigenvalue weighted by molar-refractivity contribution is 0.249. The van der Waals surface area contributed by atoms with Crippen molar-refractivity contribution < 1.29 is 0 Å². The van der Waals surface area contributed by atoms with Crippen LogP contribution < -0.4 is 10.5 Å². The Hall–Kier alpha value is -2.25. The van der Waals surface area contributed by atoms with Crippen LogP contribution in [0, 0.1) is 6.92 Å². The van der Waals surface area contributed by atoms with Gasteiger partial charge in [0.2, 0.25) is 10.1 Å². The summed E-state index contributed by atoms with van der Waals surface area (Å²) in [6.07, 6.45) is 0. The van der Waals surface area contributed by atoms with Gasteiger partial charge in [-0.1, -0.05) is 41.7 Å². The molecule has 1 saturated heterocycles. The van der Waals surface area contributed by atoms with Gasteiger partial charge >= 0.3 is 0 Å². The van der Waals surface area contributed by atoms with Crippen molar-refractivity contribution in [3.8, 4) is 0 Å². The molecule has 3 heterocycles. The Morgan fingerprint density at radius 1 is 1.12 bits per heavy atom. The molecule has 124 valence electrons. The van der Waals surface area contributed by atoms with Crippen molar-refractivity contribution in [1.82, 2.24) is 19.5 Å². The fourth-order valence-electron chi connectivity index (χ4n) is 2.98. The molecule has 0 spiro atoms. The molecule has 0 bridgehead atoms. The Bertz CT molecular complexity index is 896. The Morgan fingerprint density at radius 2 is 1.88 bits per heavy atom. The van der Waals surface area contributed by atoms with Crippen molar-refractivity contribution in [1.29, 1.82) is 0 Å². The first-order chi connectivity index (χ1) is 11.7. The van der Waals surface area contributed by atoms with E-state index < -0.39 is 0 Å². The zero-order chi connectivity index (χ0) is 16.5. The molecule has 24 heavy (non-hydrogen) atoms. The SMILES string of the molecule is Cc1cc(=O)n2nc(N3CCN(Cc4ccccc4)CC3)sc2n1. The van der Waals surface area contributed by atoms with Crippen LogP contribution in [-0.4, -0.2) is 45.7 Å². The average molecular weight is 341 g/mol. The lowest BCUT2D eigenvalue weighted by Gasteiger charge is -2.34. The summed E-state index contributed by atoms with van der Waals surface area (Å²) in [4.78, 5) is 21.8. The van der Waals surface area contributed by atoms with Gasteiger partial charge in [-0.25, -0.2) is 4.98 Å². The van der Waals surface area contributed by atoms with E-state index in [0.717, 1.165) is 43.5 Å². The summed E-state index contributed by atoms with van der Waals surface area (Å²) < 4.78 is 1.41. The van der Waals surface area contributed by atoms with Crippen LogP contribution in [0.4, 0.5) is 5.13 Å². The predicted molar refractivity (Wildman–Crippen MR) is 95.8 cm³/mol. The fourth-order valence-corrected chi connectivity index (χ4v) is 3.98. The molecule has 0 saturated carbocycles. The number of hydrogen-bond donors (Lipinski definition) is 0. The van der Waals surface area contributed by atoms with Gasteiger partial charge in [0.25, 0.3) is 5.56 Å². The first kappa shape index (κ1) is 15.3. The van der Waals surface area contributed by atoms with Crippen molar-refractivity contribution in [3.05, 3.63) is 58.0 Å². The number of rotatable bonds is 3. The largest absolute Gasteiger partial charge is 0.344 e. The van der Waals surface area contributed by atoms with E-state index in [1.807, 2.05) is 13.0 Å². The maximum Gasteiger partial charge on any atom is 0.275 e. The minimum Gasteiger partial charge on any atom is -0.344 e. The highest BCUT2D eigenvalue weighted by Gasteiger charge is 2.20. The normalized spacial score (nSPS) is 16.0. The Morgan fingerprint density at radius 3 is 2.62 bits per heavy atom. The molecule has 6 nitrogen and oxygen atoms in total. The van der Waals surface area contributed by atoms with Gasteiger partial charge in [-0.2, -0.15) is 4.52 Å². The van der Waals surface area contributed by atoms with Crippen LogP contribution in [0.2, 0.25) is 0 Å². The topological polar surface area (TPSA) is 53.7 Å². The summed E-state index contributed by atoms with van der Waals surface area (Å²) in [5.74, 6) is 0. The number of piperazine rings is 1. The molecule has 1 aromatic carbocycles. The van der Waals surface area contributed by atoms with Crippen molar-refractivity contribution in [2.75, 3.05) is 31.1 Å². The second kappa shape index (κ2) is 6.33. The molecule has 0 N–H and O–H groups in total. The Labute approximate surface area is 144 Å². The zero-order valence-electron chi connectivity index (χ0n) is 13.6. The number of anilines is 1. The van der Waals surface area contributed by atoms with E-state index in [4.69, 9.17) is 0 Å². The highest BCUT2D eigenvalue weighted by atomic mass is 32.1. The standard InChI is InChI=1S/C17H19N5OS/c1-13-11-15(23)22-16(18-13)24-17(19-22)21-9-7-20(8-10-21)12-14-5-3-2-4-6-14/h2-6,11H,7-10,12H2,1H3. The molecule has 0 atom stereocenters. The van der Waals surface area contributed by atoms with Gasteiger partial charge in [-0.05, 0) is 12.5 Å². The fraction of sp³-hybridized carbons (Fsp3) is 0.353. The van der Waals surface area contributed by atoms with Gasteiger partial charge in [-0.3, -0.25) is 9.69 Å². The summed E-state index contributed by atoms with van der Waals surface area (Å²) >= 11 is 1.49. The quantitative estimate of drug-likeness (QED) is 0.727. The van der Waals surface area contributed by atoms with E-state index >= 15 is 0 Å². The molecule has 0 amide bonds. The molecule has 0 unspecified atom stereocenters. The Kier molecular flexibility index (Phi) is 4.03. The minimum absolute atomic E-state index is 0.109.